The van der Waals surface area contributed by atoms with E-state index in [1.165, 1.54) is 0 Å². The van der Waals surface area contributed by atoms with Crippen LogP contribution in [0.1, 0.15) is 16.1 Å². The minimum atomic E-state index is -4.95. The van der Waals surface area contributed by atoms with E-state index < -0.39 is 17.7 Å². The number of carbonyl (C=O) groups excluding carboxylic acids is 1. The van der Waals surface area contributed by atoms with Crippen molar-refractivity contribution in [2.75, 3.05) is 0 Å². The van der Waals surface area contributed by atoms with E-state index in [9.17, 15) is 18.0 Å². The average molecular weight is 334 g/mol. The van der Waals surface area contributed by atoms with Crippen molar-refractivity contribution in [3.05, 3.63) is 40.1 Å². The number of alkyl halides is 3. The summed E-state index contributed by atoms with van der Waals surface area (Å²) in [5.74, 6) is -2.01. The molecule has 2 rings (SSSR count). The highest BCUT2D eigenvalue weighted by molar-refractivity contribution is 9.10. The Hall–Kier alpha value is -1.70. The molecule has 0 fully saturated rings. The highest BCUT2D eigenvalue weighted by Gasteiger charge is 2.41. The van der Waals surface area contributed by atoms with E-state index in [1.807, 2.05) is 6.92 Å². The Bertz CT molecular complexity index is 636. The van der Waals surface area contributed by atoms with Gasteiger partial charge in [-0.05, 0) is 30.7 Å². The lowest BCUT2D eigenvalue weighted by Crippen LogP contribution is -2.23. The summed E-state index contributed by atoms with van der Waals surface area (Å²) in [6.45, 7) is 1.83. The molecule has 0 aliphatic heterocycles. The molecule has 8 heteroatoms. The van der Waals surface area contributed by atoms with Gasteiger partial charge in [-0.25, -0.2) is 4.68 Å². The van der Waals surface area contributed by atoms with E-state index in [1.54, 1.807) is 18.2 Å². The number of ketones is 1. The lowest BCUT2D eigenvalue weighted by atomic mass is 10.2. The smallest absolute Gasteiger partial charge is 0.282 e. The van der Waals surface area contributed by atoms with Crippen molar-refractivity contribution in [3.8, 4) is 5.69 Å². The van der Waals surface area contributed by atoms with Crippen LogP contribution in [0.25, 0.3) is 5.69 Å². The summed E-state index contributed by atoms with van der Waals surface area (Å²) in [6.07, 6.45) is -3.99. The third-order valence-electron chi connectivity index (χ3n) is 2.39. The van der Waals surface area contributed by atoms with Crippen molar-refractivity contribution >= 4 is 21.7 Å². The van der Waals surface area contributed by atoms with Gasteiger partial charge >= 0.3 is 6.18 Å². The van der Waals surface area contributed by atoms with Gasteiger partial charge in [0.15, 0.2) is 5.69 Å². The lowest BCUT2D eigenvalue weighted by molar-refractivity contribution is -0.0888. The summed E-state index contributed by atoms with van der Waals surface area (Å²) >= 11 is 3.31. The van der Waals surface area contributed by atoms with Gasteiger partial charge in [-0.3, -0.25) is 4.79 Å². The van der Waals surface area contributed by atoms with Gasteiger partial charge in [-0.15, -0.1) is 5.10 Å². The summed E-state index contributed by atoms with van der Waals surface area (Å²) in [7, 11) is 0. The normalized spacial score (nSPS) is 11.6. The Morgan fingerprint density at radius 3 is 2.63 bits per heavy atom. The molecule has 19 heavy (non-hydrogen) atoms. The third kappa shape index (κ3) is 2.83. The molecule has 0 bridgehead atoms. The maximum Gasteiger partial charge on any atom is 0.456 e. The van der Waals surface area contributed by atoms with Crippen LogP contribution in [0, 0.1) is 6.92 Å². The van der Waals surface area contributed by atoms with Crippen LogP contribution in [-0.2, 0) is 0 Å². The van der Waals surface area contributed by atoms with Crippen LogP contribution in [0.2, 0.25) is 0 Å². The monoisotopic (exact) mass is 333 g/mol. The lowest BCUT2D eigenvalue weighted by Gasteiger charge is -2.03. The molecule has 0 spiro atoms. The Morgan fingerprint density at radius 1 is 1.37 bits per heavy atom. The van der Waals surface area contributed by atoms with Crippen molar-refractivity contribution < 1.29 is 18.0 Å². The van der Waals surface area contributed by atoms with Crippen molar-refractivity contribution in [1.82, 2.24) is 15.0 Å². The first kappa shape index (κ1) is 13.7. The predicted molar refractivity (Wildman–Crippen MR) is 64.2 cm³/mol. The molecule has 0 saturated carbocycles. The molecular formula is C11H7BrF3N3O. The second-order valence-corrected chi connectivity index (χ2v) is 4.66. The van der Waals surface area contributed by atoms with E-state index in [0.717, 1.165) is 20.9 Å². The Morgan fingerprint density at radius 2 is 2.05 bits per heavy atom. The maximum absolute atomic E-state index is 12.2. The van der Waals surface area contributed by atoms with Crippen LogP contribution in [0.15, 0.2) is 28.9 Å². The number of carbonyl (C=O) groups is 1. The van der Waals surface area contributed by atoms with Crippen molar-refractivity contribution in [1.29, 1.82) is 0 Å². The van der Waals surface area contributed by atoms with Gasteiger partial charge in [0.25, 0.3) is 5.78 Å². The molecule has 0 aliphatic rings. The zero-order chi connectivity index (χ0) is 14.2. The van der Waals surface area contributed by atoms with Crippen molar-refractivity contribution in [2.24, 2.45) is 0 Å². The standard InChI is InChI=1S/C11H7BrF3N3O/c1-6-4-7(2-3-8(6)12)18-5-9(16-17-18)10(19)11(13,14)15/h2-5H,1H3. The van der Waals surface area contributed by atoms with Crippen LogP contribution in [0.3, 0.4) is 0 Å². The van der Waals surface area contributed by atoms with Gasteiger partial charge in [-0.1, -0.05) is 21.1 Å². The summed E-state index contributed by atoms with van der Waals surface area (Å²) in [5.41, 5.74) is 0.680. The molecule has 0 atom stereocenters. The number of nitrogens with zero attached hydrogens (tertiary/aromatic N) is 3. The Balaban J connectivity index is 2.36. The highest BCUT2D eigenvalue weighted by atomic mass is 79.9. The minimum absolute atomic E-state index is 0.523. The number of Topliss-reactive ketones (excluding diaryl/α,β-unsaturated/α-hetero) is 1. The van der Waals surface area contributed by atoms with Gasteiger partial charge in [0.1, 0.15) is 0 Å². The van der Waals surface area contributed by atoms with Crippen LogP contribution >= 0.6 is 15.9 Å². The average Bonchev–Trinajstić information content (AvgIpc) is 2.79. The molecule has 2 aromatic rings. The molecule has 0 amide bonds. The summed E-state index contributed by atoms with van der Waals surface area (Å²) in [6, 6.07) is 5.09. The van der Waals surface area contributed by atoms with Crippen LogP contribution < -0.4 is 0 Å². The number of aromatic nitrogens is 3. The molecule has 4 nitrogen and oxygen atoms in total. The number of benzene rings is 1. The first-order valence-corrected chi connectivity index (χ1v) is 5.89. The number of hydrogen-bond donors (Lipinski definition) is 0. The zero-order valence-electron chi connectivity index (χ0n) is 9.57. The molecule has 0 saturated heterocycles. The highest BCUT2D eigenvalue weighted by Crippen LogP contribution is 2.22. The molecule has 1 heterocycles. The van der Waals surface area contributed by atoms with Crippen LogP contribution in [-0.4, -0.2) is 27.0 Å². The Labute approximate surface area is 114 Å². The van der Waals surface area contributed by atoms with Crippen molar-refractivity contribution in [3.63, 3.8) is 0 Å². The zero-order valence-corrected chi connectivity index (χ0v) is 11.2. The van der Waals surface area contributed by atoms with E-state index in [4.69, 9.17) is 0 Å². The second kappa shape index (κ2) is 4.76. The molecule has 1 aromatic heterocycles. The fourth-order valence-electron chi connectivity index (χ4n) is 1.41. The number of halogens is 4. The number of hydrogen-bond acceptors (Lipinski definition) is 3. The third-order valence-corrected chi connectivity index (χ3v) is 3.28. The molecule has 0 unspecified atom stereocenters. The summed E-state index contributed by atoms with van der Waals surface area (Å²) in [4.78, 5) is 11.0. The van der Waals surface area contributed by atoms with Gasteiger partial charge in [0.05, 0.1) is 11.9 Å². The SMILES string of the molecule is Cc1cc(-n2cc(C(=O)C(F)(F)F)nn2)ccc1Br. The molecule has 100 valence electrons. The molecule has 0 radical (unpaired) electrons. The topological polar surface area (TPSA) is 47.8 Å². The fourth-order valence-corrected chi connectivity index (χ4v) is 1.66. The second-order valence-electron chi connectivity index (χ2n) is 3.81. The molecule has 0 aliphatic carbocycles. The van der Waals surface area contributed by atoms with E-state index in [-0.39, 0.29) is 0 Å². The number of rotatable bonds is 2. The van der Waals surface area contributed by atoms with Gasteiger partial charge in [0, 0.05) is 4.47 Å². The van der Waals surface area contributed by atoms with Gasteiger partial charge in [-0.2, -0.15) is 13.2 Å². The first-order valence-electron chi connectivity index (χ1n) is 5.09. The minimum Gasteiger partial charge on any atom is -0.282 e. The van der Waals surface area contributed by atoms with Gasteiger partial charge in [0.2, 0.25) is 0 Å². The number of aryl methyl sites for hydroxylation is 1. The fraction of sp³-hybridized carbons (Fsp3) is 0.182. The van der Waals surface area contributed by atoms with E-state index >= 15 is 0 Å². The maximum atomic E-state index is 12.2. The molecule has 1 aromatic carbocycles. The largest absolute Gasteiger partial charge is 0.456 e. The van der Waals surface area contributed by atoms with E-state index in [2.05, 4.69) is 26.2 Å². The van der Waals surface area contributed by atoms with Crippen molar-refractivity contribution in [2.45, 2.75) is 13.1 Å². The predicted octanol–water partition coefficient (Wildman–Crippen LogP) is 3.08. The van der Waals surface area contributed by atoms with Gasteiger partial charge < -0.3 is 0 Å². The summed E-state index contributed by atoms with van der Waals surface area (Å²) in [5, 5.41) is 6.77. The quantitative estimate of drug-likeness (QED) is 0.793. The van der Waals surface area contributed by atoms with Crippen LogP contribution in [0.4, 0.5) is 13.2 Å². The molecule has 0 N–H and O–H groups in total. The van der Waals surface area contributed by atoms with Crippen LogP contribution in [0.5, 0.6) is 0 Å². The first-order chi connectivity index (χ1) is 8.79. The molecular weight excluding hydrogens is 327 g/mol. The van der Waals surface area contributed by atoms with E-state index in [0.29, 0.717) is 5.69 Å². The summed E-state index contributed by atoms with van der Waals surface area (Å²) < 4.78 is 38.7. The Kier molecular flexibility index (Phi) is 3.44.